The summed E-state index contributed by atoms with van der Waals surface area (Å²) in [5.41, 5.74) is 0. The number of amides is 1. The van der Waals surface area contributed by atoms with Crippen LogP contribution in [0.2, 0.25) is 0 Å². The highest BCUT2D eigenvalue weighted by Crippen LogP contribution is 2.19. The highest BCUT2D eigenvalue weighted by atomic mass is 16.2. The van der Waals surface area contributed by atoms with E-state index in [1.165, 1.54) is 0 Å². The monoisotopic (exact) mass is 269 g/mol. The first-order valence-corrected chi connectivity index (χ1v) is 7.83. The molecule has 0 aliphatic carbocycles. The van der Waals surface area contributed by atoms with Crippen LogP contribution in [0.3, 0.4) is 0 Å². The smallest absolute Gasteiger partial charge is 0.241 e. The molecule has 1 fully saturated rings. The highest BCUT2D eigenvalue weighted by molar-refractivity contribution is 5.84. The van der Waals surface area contributed by atoms with Crippen LogP contribution in [0.4, 0.5) is 0 Å². The number of nitrogens with zero attached hydrogens (tertiary/aromatic N) is 2. The molecule has 0 radical (unpaired) electrons. The minimum Gasteiger partial charge on any atom is -0.326 e. The van der Waals surface area contributed by atoms with E-state index in [4.69, 9.17) is 0 Å². The molecule has 1 amide bonds. The van der Waals surface area contributed by atoms with Gasteiger partial charge in [-0.3, -0.25) is 10.1 Å². The van der Waals surface area contributed by atoms with Crippen molar-refractivity contribution >= 4 is 5.91 Å². The Morgan fingerprint density at radius 1 is 1.26 bits per heavy atom. The van der Waals surface area contributed by atoms with Gasteiger partial charge in [0, 0.05) is 6.54 Å². The molecule has 1 rings (SSSR count). The lowest BCUT2D eigenvalue weighted by atomic mass is 10.1. The molecule has 1 heterocycles. The van der Waals surface area contributed by atoms with Gasteiger partial charge in [-0.05, 0) is 38.4 Å². The minimum atomic E-state index is 0.0124. The lowest BCUT2D eigenvalue weighted by molar-refractivity contribution is -0.130. The zero-order valence-corrected chi connectivity index (χ0v) is 13.3. The van der Waals surface area contributed by atoms with E-state index >= 15 is 0 Å². The fourth-order valence-corrected chi connectivity index (χ4v) is 2.79. The average Bonchev–Trinajstić information content (AvgIpc) is 2.72. The van der Waals surface area contributed by atoms with Crippen molar-refractivity contribution < 1.29 is 4.79 Å². The topological polar surface area (TPSA) is 35.6 Å². The SMILES string of the molecule is CCC1NC(C(C)C)C(=O)N1CCCN(CC)CC. The maximum atomic E-state index is 12.4. The Balaban J connectivity index is 2.49. The van der Waals surface area contributed by atoms with Gasteiger partial charge in [0.2, 0.25) is 5.91 Å². The number of carbonyl (C=O) groups is 1. The molecule has 0 saturated carbocycles. The zero-order valence-electron chi connectivity index (χ0n) is 13.3. The standard InChI is InChI=1S/C15H31N3O/c1-6-13-16-14(12(4)5)15(19)18(13)11-9-10-17(7-2)8-3/h12-14,16H,6-11H2,1-5H3. The van der Waals surface area contributed by atoms with Crippen LogP contribution in [-0.2, 0) is 4.79 Å². The van der Waals surface area contributed by atoms with Crippen molar-refractivity contribution in [3.05, 3.63) is 0 Å². The fourth-order valence-electron chi connectivity index (χ4n) is 2.79. The van der Waals surface area contributed by atoms with Gasteiger partial charge >= 0.3 is 0 Å². The maximum absolute atomic E-state index is 12.4. The van der Waals surface area contributed by atoms with Gasteiger partial charge < -0.3 is 9.80 Å². The Kier molecular flexibility index (Phi) is 6.80. The van der Waals surface area contributed by atoms with E-state index in [-0.39, 0.29) is 12.2 Å². The molecule has 0 aromatic carbocycles. The van der Waals surface area contributed by atoms with Crippen molar-refractivity contribution in [1.29, 1.82) is 0 Å². The van der Waals surface area contributed by atoms with Gasteiger partial charge in [-0.25, -0.2) is 0 Å². The largest absolute Gasteiger partial charge is 0.326 e. The summed E-state index contributed by atoms with van der Waals surface area (Å²) in [5.74, 6) is 0.663. The van der Waals surface area contributed by atoms with Crippen LogP contribution in [0.15, 0.2) is 0 Å². The molecule has 2 unspecified atom stereocenters. The zero-order chi connectivity index (χ0) is 14.4. The summed E-state index contributed by atoms with van der Waals surface area (Å²) in [6.07, 6.45) is 2.29. The molecule has 1 saturated heterocycles. The van der Waals surface area contributed by atoms with Crippen molar-refractivity contribution in [2.45, 2.75) is 59.7 Å². The summed E-state index contributed by atoms with van der Waals surface area (Å²) >= 11 is 0. The fraction of sp³-hybridized carbons (Fsp3) is 0.933. The van der Waals surface area contributed by atoms with Crippen molar-refractivity contribution in [1.82, 2.24) is 15.1 Å². The third-order valence-electron chi connectivity index (χ3n) is 4.12. The van der Waals surface area contributed by atoms with E-state index in [1.54, 1.807) is 0 Å². The number of nitrogens with one attached hydrogen (secondary N) is 1. The normalized spacial score (nSPS) is 23.9. The molecule has 4 heteroatoms. The second-order valence-corrected chi connectivity index (χ2v) is 5.72. The van der Waals surface area contributed by atoms with Gasteiger partial charge in [-0.1, -0.05) is 34.6 Å². The van der Waals surface area contributed by atoms with E-state index in [0.29, 0.717) is 11.8 Å². The molecule has 0 aromatic rings. The third-order valence-corrected chi connectivity index (χ3v) is 4.12. The van der Waals surface area contributed by atoms with Gasteiger partial charge in [0.15, 0.2) is 0 Å². The molecule has 4 nitrogen and oxygen atoms in total. The molecule has 19 heavy (non-hydrogen) atoms. The number of hydrogen-bond acceptors (Lipinski definition) is 3. The van der Waals surface area contributed by atoms with Crippen LogP contribution in [0.25, 0.3) is 0 Å². The Morgan fingerprint density at radius 3 is 2.37 bits per heavy atom. The highest BCUT2D eigenvalue weighted by Gasteiger charge is 2.38. The van der Waals surface area contributed by atoms with Crippen LogP contribution in [0, 0.1) is 5.92 Å². The summed E-state index contributed by atoms with van der Waals surface area (Å²) in [6, 6.07) is 0.0124. The first kappa shape index (κ1) is 16.4. The molecule has 0 aromatic heterocycles. The molecular weight excluding hydrogens is 238 g/mol. The second-order valence-electron chi connectivity index (χ2n) is 5.72. The van der Waals surface area contributed by atoms with E-state index in [1.807, 2.05) is 4.90 Å². The number of rotatable bonds is 8. The molecule has 2 atom stereocenters. The Labute approximate surface area is 118 Å². The Bertz CT molecular complexity index is 277. The lowest BCUT2D eigenvalue weighted by Gasteiger charge is -2.25. The predicted molar refractivity (Wildman–Crippen MR) is 80.0 cm³/mol. The van der Waals surface area contributed by atoms with Crippen molar-refractivity contribution in [3.63, 3.8) is 0 Å². The summed E-state index contributed by atoms with van der Waals surface area (Å²) in [6.45, 7) is 14.9. The quantitative estimate of drug-likeness (QED) is 0.731. The van der Waals surface area contributed by atoms with Crippen LogP contribution >= 0.6 is 0 Å². The molecular formula is C15H31N3O. The predicted octanol–water partition coefficient (Wildman–Crippen LogP) is 1.91. The van der Waals surface area contributed by atoms with Crippen LogP contribution in [0.5, 0.6) is 0 Å². The molecule has 0 spiro atoms. The maximum Gasteiger partial charge on any atom is 0.241 e. The summed E-state index contributed by atoms with van der Waals surface area (Å²) < 4.78 is 0. The molecule has 1 N–H and O–H groups in total. The molecule has 112 valence electrons. The van der Waals surface area contributed by atoms with Crippen LogP contribution < -0.4 is 5.32 Å². The summed E-state index contributed by atoms with van der Waals surface area (Å²) in [7, 11) is 0. The molecule has 1 aliphatic heterocycles. The van der Waals surface area contributed by atoms with E-state index < -0.39 is 0 Å². The summed E-state index contributed by atoms with van der Waals surface area (Å²) in [4.78, 5) is 16.8. The molecule has 0 bridgehead atoms. The van der Waals surface area contributed by atoms with E-state index in [2.05, 4.69) is 44.8 Å². The van der Waals surface area contributed by atoms with Crippen molar-refractivity contribution in [2.24, 2.45) is 5.92 Å². The average molecular weight is 269 g/mol. The van der Waals surface area contributed by atoms with Gasteiger partial charge in [0.1, 0.15) is 0 Å². The Hall–Kier alpha value is -0.610. The van der Waals surface area contributed by atoms with E-state index in [9.17, 15) is 4.79 Å². The number of carbonyl (C=O) groups excluding carboxylic acids is 1. The van der Waals surface area contributed by atoms with Crippen LogP contribution in [0.1, 0.15) is 47.5 Å². The third kappa shape index (κ3) is 4.18. The Morgan fingerprint density at radius 2 is 1.89 bits per heavy atom. The summed E-state index contributed by atoms with van der Waals surface area (Å²) in [5, 5.41) is 3.47. The minimum absolute atomic E-state index is 0.0124. The van der Waals surface area contributed by atoms with Gasteiger partial charge in [-0.15, -0.1) is 0 Å². The first-order valence-electron chi connectivity index (χ1n) is 7.83. The van der Waals surface area contributed by atoms with Gasteiger partial charge in [-0.2, -0.15) is 0 Å². The van der Waals surface area contributed by atoms with Crippen molar-refractivity contribution in [3.8, 4) is 0 Å². The van der Waals surface area contributed by atoms with Gasteiger partial charge in [0.05, 0.1) is 12.2 Å². The van der Waals surface area contributed by atoms with E-state index in [0.717, 1.165) is 39.0 Å². The van der Waals surface area contributed by atoms with Gasteiger partial charge in [0.25, 0.3) is 0 Å². The lowest BCUT2D eigenvalue weighted by Crippen LogP contribution is -2.38. The van der Waals surface area contributed by atoms with Crippen LogP contribution in [-0.4, -0.2) is 54.1 Å². The second kappa shape index (κ2) is 7.85. The number of hydrogen-bond donors (Lipinski definition) is 1. The molecule has 1 aliphatic rings. The first-order chi connectivity index (χ1) is 9.04. The van der Waals surface area contributed by atoms with Crippen molar-refractivity contribution in [2.75, 3.05) is 26.2 Å².